The molecule has 0 amide bonds. The van der Waals surface area contributed by atoms with Crippen molar-refractivity contribution in [1.29, 1.82) is 0 Å². The van der Waals surface area contributed by atoms with Crippen molar-refractivity contribution in [2.24, 2.45) is 0 Å². The number of aromatic nitrogens is 3. The highest BCUT2D eigenvalue weighted by atomic mass is 16.3. The smallest absolute Gasteiger partial charge is 0.147 e. The molecule has 0 spiro atoms. The van der Waals surface area contributed by atoms with Gasteiger partial charge in [-0.25, -0.2) is 9.67 Å². The van der Waals surface area contributed by atoms with Crippen LogP contribution in [-0.2, 0) is 0 Å². The molecule has 14 heavy (non-hydrogen) atoms. The van der Waals surface area contributed by atoms with Crippen molar-refractivity contribution in [3.8, 4) is 0 Å². The number of aliphatic hydroxyl groups is 1. The zero-order valence-electron chi connectivity index (χ0n) is 8.77. The predicted octanol–water partition coefficient (Wildman–Crippen LogP) is 1.37. The first kappa shape index (κ1) is 9.65. The summed E-state index contributed by atoms with van der Waals surface area (Å²) in [4.78, 5) is 4.26. The second-order valence-corrected chi connectivity index (χ2v) is 4.07. The minimum absolute atomic E-state index is 0.143. The normalized spacial score (nSPS) is 27.9. The zero-order valence-corrected chi connectivity index (χ0v) is 8.77. The molecule has 1 fully saturated rings. The lowest BCUT2D eigenvalue weighted by molar-refractivity contribution is 0.0680. The highest BCUT2D eigenvalue weighted by Gasteiger charge is 2.26. The lowest BCUT2D eigenvalue weighted by Gasteiger charge is -2.28. The van der Waals surface area contributed by atoms with Gasteiger partial charge in [0.05, 0.1) is 12.1 Å². The van der Waals surface area contributed by atoms with E-state index in [2.05, 4.69) is 10.1 Å². The Labute approximate surface area is 84.0 Å². The van der Waals surface area contributed by atoms with Crippen molar-refractivity contribution in [2.75, 3.05) is 0 Å². The van der Waals surface area contributed by atoms with Crippen molar-refractivity contribution in [1.82, 2.24) is 14.8 Å². The van der Waals surface area contributed by atoms with E-state index in [1.807, 2.05) is 18.5 Å². The molecule has 2 unspecified atom stereocenters. The van der Waals surface area contributed by atoms with Gasteiger partial charge in [-0.05, 0) is 26.7 Å². The van der Waals surface area contributed by atoms with E-state index < -0.39 is 0 Å². The Morgan fingerprint density at radius 2 is 2.00 bits per heavy atom. The van der Waals surface area contributed by atoms with Crippen LogP contribution >= 0.6 is 0 Å². The van der Waals surface area contributed by atoms with Crippen molar-refractivity contribution in [3.05, 3.63) is 11.6 Å². The minimum Gasteiger partial charge on any atom is -0.391 e. The van der Waals surface area contributed by atoms with Gasteiger partial charge in [-0.2, -0.15) is 5.10 Å². The van der Waals surface area contributed by atoms with E-state index in [1.165, 1.54) is 6.42 Å². The average molecular weight is 195 g/mol. The molecule has 4 nitrogen and oxygen atoms in total. The average Bonchev–Trinajstić information content (AvgIpc) is 2.46. The van der Waals surface area contributed by atoms with E-state index in [0.29, 0.717) is 0 Å². The van der Waals surface area contributed by atoms with Crippen LogP contribution in [0.2, 0.25) is 0 Å². The third-order valence-electron chi connectivity index (χ3n) is 2.92. The lowest BCUT2D eigenvalue weighted by atomic mass is 9.93. The molecule has 1 aromatic heterocycles. The standard InChI is InChI=1S/C10H17N3O/c1-7-11-8(2)13(12-7)9-5-3-4-6-10(9)14/h9-10,14H,3-6H2,1-2H3. The fraction of sp³-hybridized carbons (Fsp3) is 0.800. The molecule has 1 heterocycles. The Morgan fingerprint density at radius 3 is 2.57 bits per heavy atom. The first-order chi connectivity index (χ1) is 6.68. The van der Waals surface area contributed by atoms with Crippen LogP contribution in [0.4, 0.5) is 0 Å². The highest BCUT2D eigenvalue weighted by molar-refractivity contribution is 4.93. The SMILES string of the molecule is Cc1nc(C)n(C2CCCCC2O)n1. The number of rotatable bonds is 1. The van der Waals surface area contributed by atoms with Crippen molar-refractivity contribution in [2.45, 2.75) is 51.7 Å². The summed E-state index contributed by atoms with van der Waals surface area (Å²) in [7, 11) is 0. The first-order valence-corrected chi connectivity index (χ1v) is 5.26. The molecule has 0 aliphatic heterocycles. The molecule has 1 aromatic rings. The molecular weight excluding hydrogens is 178 g/mol. The highest BCUT2D eigenvalue weighted by Crippen LogP contribution is 2.28. The fourth-order valence-corrected chi connectivity index (χ4v) is 2.23. The van der Waals surface area contributed by atoms with E-state index in [4.69, 9.17) is 0 Å². The maximum absolute atomic E-state index is 9.87. The molecule has 4 heteroatoms. The third kappa shape index (κ3) is 1.66. The summed E-state index contributed by atoms with van der Waals surface area (Å²) >= 11 is 0. The second kappa shape index (κ2) is 3.69. The van der Waals surface area contributed by atoms with Crippen LogP contribution in [0.15, 0.2) is 0 Å². The predicted molar refractivity (Wildman–Crippen MR) is 53.0 cm³/mol. The van der Waals surface area contributed by atoms with E-state index in [-0.39, 0.29) is 12.1 Å². The minimum atomic E-state index is -0.247. The van der Waals surface area contributed by atoms with Gasteiger partial charge in [0.2, 0.25) is 0 Å². The quantitative estimate of drug-likeness (QED) is 0.736. The largest absolute Gasteiger partial charge is 0.391 e. The summed E-state index contributed by atoms with van der Waals surface area (Å²) in [6.07, 6.45) is 3.97. The summed E-state index contributed by atoms with van der Waals surface area (Å²) in [5, 5.41) is 14.2. The molecule has 0 bridgehead atoms. The first-order valence-electron chi connectivity index (χ1n) is 5.26. The fourth-order valence-electron chi connectivity index (χ4n) is 2.23. The van der Waals surface area contributed by atoms with Gasteiger partial charge in [-0.3, -0.25) is 0 Å². The van der Waals surface area contributed by atoms with Gasteiger partial charge in [0.25, 0.3) is 0 Å². The Morgan fingerprint density at radius 1 is 1.29 bits per heavy atom. The van der Waals surface area contributed by atoms with Gasteiger partial charge in [0.1, 0.15) is 11.6 Å². The van der Waals surface area contributed by atoms with Crippen LogP contribution in [0.3, 0.4) is 0 Å². The summed E-state index contributed by atoms with van der Waals surface area (Å²) in [5.41, 5.74) is 0. The van der Waals surface area contributed by atoms with E-state index in [9.17, 15) is 5.11 Å². The van der Waals surface area contributed by atoms with Gasteiger partial charge < -0.3 is 5.11 Å². The number of nitrogens with zero attached hydrogens (tertiary/aromatic N) is 3. The van der Waals surface area contributed by atoms with Crippen LogP contribution in [-0.4, -0.2) is 26.0 Å². The summed E-state index contributed by atoms with van der Waals surface area (Å²) in [6.45, 7) is 3.83. The maximum Gasteiger partial charge on any atom is 0.147 e. The number of aryl methyl sites for hydroxylation is 2. The summed E-state index contributed by atoms with van der Waals surface area (Å²) < 4.78 is 1.89. The summed E-state index contributed by atoms with van der Waals surface area (Å²) in [6, 6.07) is 0.143. The number of hydrogen-bond acceptors (Lipinski definition) is 3. The molecule has 1 N–H and O–H groups in total. The van der Waals surface area contributed by atoms with Gasteiger partial charge >= 0.3 is 0 Å². The molecule has 1 aliphatic rings. The zero-order chi connectivity index (χ0) is 10.1. The Bertz CT molecular complexity index is 321. The monoisotopic (exact) mass is 195 g/mol. The molecular formula is C10H17N3O. The molecule has 0 aromatic carbocycles. The van der Waals surface area contributed by atoms with Crippen molar-refractivity contribution >= 4 is 0 Å². The molecule has 0 radical (unpaired) electrons. The molecule has 1 saturated carbocycles. The van der Waals surface area contributed by atoms with Gasteiger partial charge in [0, 0.05) is 0 Å². The Hall–Kier alpha value is -0.900. The second-order valence-electron chi connectivity index (χ2n) is 4.07. The van der Waals surface area contributed by atoms with E-state index in [1.54, 1.807) is 0 Å². The van der Waals surface area contributed by atoms with Crippen LogP contribution < -0.4 is 0 Å². The molecule has 2 rings (SSSR count). The third-order valence-corrected chi connectivity index (χ3v) is 2.92. The van der Waals surface area contributed by atoms with Gasteiger partial charge in [-0.15, -0.1) is 0 Å². The van der Waals surface area contributed by atoms with Crippen molar-refractivity contribution in [3.63, 3.8) is 0 Å². The van der Waals surface area contributed by atoms with Crippen LogP contribution in [0.25, 0.3) is 0 Å². The molecule has 1 aliphatic carbocycles. The van der Waals surface area contributed by atoms with Crippen LogP contribution in [0.5, 0.6) is 0 Å². The summed E-state index contributed by atoms with van der Waals surface area (Å²) in [5.74, 6) is 1.70. The topological polar surface area (TPSA) is 50.9 Å². The maximum atomic E-state index is 9.87. The Balaban J connectivity index is 2.24. The number of aliphatic hydroxyl groups excluding tert-OH is 1. The van der Waals surface area contributed by atoms with Crippen molar-refractivity contribution < 1.29 is 5.11 Å². The molecule has 0 saturated heterocycles. The van der Waals surface area contributed by atoms with Gasteiger partial charge in [0.15, 0.2) is 0 Å². The van der Waals surface area contributed by atoms with Crippen LogP contribution in [0, 0.1) is 13.8 Å². The number of hydrogen-bond donors (Lipinski definition) is 1. The molecule has 78 valence electrons. The van der Waals surface area contributed by atoms with E-state index >= 15 is 0 Å². The lowest BCUT2D eigenvalue weighted by Crippen LogP contribution is -2.29. The van der Waals surface area contributed by atoms with Gasteiger partial charge in [-0.1, -0.05) is 12.8 Å². The van der Waals surface area contributed by atoms with Crippen LogP contribution in [0.1, 0.15) is 43.4 Å². The van der Waals surface area contributed by atoms with E-state index in [0.717, 1.165) is 30.9 Å². The Kier molecular flexibility index (Phi) is 2.54. The molecule has 2 atom stereocenters.